The van der Waals surface area contributed by atoms with Crippen molar-refractivity contribution in [1.29, 1.82) is 0 Å². The molecule has 0 radical (unpaired) electrons. The number of nitro groups is 1. The first-order chi connectivity index (χ1) is 14.0. The highest BCUT2D eigenvalue weighted by Crippen LogP contribution is 2.32. The van der Waals surface area contributed by atoms with Gasteiger partial charge in [0.25, 0.3) is 11.6 Å². The molecule has 1 amide bonds. The molecule has 1 aliphatic heterocycles. The number of rotatable bonds is 6. The summed E-state index contributed by atoms with van der Waals surface area (Å²) in [7, 11) is 0. The Labute approximate surface area is 167 Å². The van der Waals surface area contributed by atoms with Crippen molar-refractivity contribution in [2.75, 3.05) is 0 Å². The number of fused-ring (bicyclic) bond motifs is 1. The fourth-order valence-corrected chi connectivity index (χ4v) is 3.69. The molecule has 1 N–H and O–H groups in total. The molecule has 4 rings (SSSR count). The van der Waals surface area contributed by atoms with Crippen LogP contribution in [-0.2, 0) is 24.2 Å². The molecule has 0 atom stereocenters. The van der Waals surface area contributed by atoms with Gasteiger partial charge in [-0.25, -0.2) is 0 Å². The average Bonchev–Trinajstić information content (AvgIpc) is 3.11. The maximum atomic E-state index is 12.6. The predicted molar refractivity (Wildman–Crippen MR) is 109 cm³/mol. The molecule has 29 heavy (non-hydrogen) atoms. The van der Waals surface area contributed by atoms with Crippen LogP contribution in [0.1, 0.15) is 27.0 Å². The predicted octanol–water partition coefficient (Wildman–Crippen LogP) is 3.86. The second-order valence-electron chi connectivity index (χ2n) is 6.99. The quantitative estimate of drug-likeness (QED) is 0.515. The summed E-state index contributed by atoms with van der Waals surface area (Å²) in [5.41, 5.74) is 4.94. The Kier molecular flexibility index (Phi) is 4.91. The number of carbonyl (C=O) groups excluding carboxylic acids is 2. The Morgan fingerprint density at radius 3 is 2.38 bits per heavy atom. The van der Waals surface area contributed by atoms with Gasteiger partial charge in [-0.05, 0) is 27.8 Å². The lowest BCUT2D eigenvalue weighted by Gasteiger charge is -2.11. The SMILES string of the molecule is O=C(Cc1ccc([N+](=O)[O-])cc1)Cc1ccc(-c2ccccc2)c2c1C(=O)NC2. The van der Waals surface area contributed by atoms with E-state index >= 15 is 0 Å². The molecule has 0 unspecified atom stereocenters. The maximum absolute atomic E-state index is 12.6. The smallest absolute Gasteiger partial charge is 0.269 e. The minimum atomic E-state index is -0.470. The highest BCUT2D eigenvalue weighted by Gasteiger charge is 2.26. The van der Waals surface area contributed by atoms with Gasteiger partial charge in [0.2, 0.25) is 0 Å². The number of amides is 1. The maximum Gasteiger partial charge on any atom is 0.269 e. The van der Waals surface area contributed by atoms with Gasteiger partial charge in [0.15, 0.2) is 0 Å². The number of non-ortho nitro benzene ring substituents is 1. The van der Waals surface area contributed by atoms with Gasteiger partial charge in [-0.15, -0.1) is 0 Å². The third kappa shape index (κ3) is 3.78. The van der Waals surface area contributed by atoms with Crippen molar-refractivity contribution in [3.05, 3.63) is 99.1 Å². The largest absolute Gasteiger partial charge is 0.348 e. The van der Waals surface area contributed by atoms with E-state index in [-0.39, 0.29) is 30.2 Å². The summed E-state index contributed by atoms with van der Waals surface area (Å²) >= 11 is 0. The Hall–Kier alpha value is -3.80. The Balaban J connectivity index is 1.57. The Morgan fingerprint density at radius 1 is 0.966 bits per heavy atom. The van der Waals surface area contributed by atoms with Gasteiger partial charge in [0.05, 0.1) is 4.92 Å². The monoisotopic (exact) mass is 386 g/mol. The van der Waals surface area contributed by atoms with Crippen molar-refractivity contribution in [3.8, 4) is 11.1 Å². The van der Waals surface area contributed by atoms with Crippen LogP contribution in [0.4, 0.5) is 5.69 Å². The van der Waals surface area contributed by atoms with Crippen molar-refractivity contribution >= 4 is 17.4 Å². The van der Waals surface area contributed by atoms with E-state index < -0.39 is 4.92 Å². The lowest BCUT2D eigenvalue weighted by atomic mass is 9.91. The Morgan fingerprint density at radius 2 is 1.69 bits per heavy atom. The van der Waals surface area contributed by atoms with E-state index in [1.165, 1.54) is 12.1 Å². The van der Waals surface area contributed by atoms with Gasteiger partial charge in [0, 0.05) is 37.1 Å². The minimum absolute atomic E-state index is 0.00723. The molecule has 3 aromatic rings. The van der Waals surface area contributed by atoms with Gasteiger partial charge in [-0.3, -0.25) is 19.7 Å². The first kappa shape index (κ1) is 18.6. The Bertz CT molecular complexity index is 1110. The van der Waals surface area contributed by atoms with Crippen LogP contribution >= 0.6 is 0 Å². The first-order valence-corrected chi connectivity index (χ1v) is 9.26. The van der Waals surface area contributed by atoms with Crippen molar-refractivity contribution < 1.29 is 14.5 Å². The van der Waals surface area contributed by atoms with Crippen molar-refractivity contribution in [1.82, 2.24) is 5.32 Å². The van der Waals surface area contributed by atoms with Gasteiger partial charge in [0.1, 0.15) is 5.78 Å². The lowest BCUT2D eigenvalue weighted by molar-refractivity contribution is -0.384. The second kappa shape index (κ2) is 7.67. The summed E-state index contributed by atoms with van der Waals surface area (Å²) in [6.45, 7) is 0.447. The number of carbonyl (C=O) groups is 2. The number of Topliss-reactive ketones (excluding diaryl/α,β-unsaturated/α-hetero) is 1. The summed E-state index contributed by atoms with van der Waals surface area (Å²) in [4.78, 5) is 35.3. The number of ketones is 1. The summed E-state index contributed by atoms with van der Waals surface area (Å²) < 4.78 is 0. The standard InChI is InChI=1S/C23H18N2O4/c26-19(12-15-6-9-18(10-7-15)25(28)29)13-17-8-11-20(16-4-2-1-3-5-16)21-14-24-23(27)22(17)21/h1-11H,12-14H2,(H,24,27). The highest BCUT2D eigenvalue weighted by atomic mass is 16.6. The second-order valence-corrected chi connectivity index (χ2v) is 6.99. The highest BCUT2D eigenvalue weighted by molar-refractivity contribution is 6.03. The zero-order chi connectivity index (χ0) is 20.4. The zero-order valence-corrected chi connectivity index (χ0v) is 15.6. The van der Waals surface area contributed by atoms with E-state index in [4.69, 9.17) is 0 Å². The molecule has 0 saturated heterocycles. The molecule has 0 fully saturated rings. The molecule has 144 valence electrons. The van der Waals surface area contributed by atoms with Crippen LogP contribution in [0.25, 0.3) is 11.1 Å². The van der Waals surface area contributed by atoms with Gasteiger partial charge < -0.3 is 5.32 Å². The summed E-state index contributed by atoms with van der Waals surface area (Å²) in [6.07, 6.45) is 0.302. The number of hydrogen-bond acceptors (Lipinski definition) is 4. The number of hydrogen-bond donors (Lipinski definition) is 1. The normalized spacial score (nSPS) is 12.3. The molecular formula is C23H18N2O4. The van der Waals surface area contributed by atoms with Crippen molar-refractivity contribution in [3.63, 3.8) is 0 Å². The third-order valence-electron chi connectivity index (χ3n) is 5.07. The van der Waals surface area contributed by atoms with E-state index in [9.17, 15) is 19.7 Å². The van der Waals surface area contributed by atoms with E-state index in [0.29, 0.717) is 23.2 Å². The lowest BCUT2D eigenvalue weighted by Crippen LogP contribution is -2.15. The molecule has 0 spiro atoms. The molecule has 0 bridgehead atoms. The number of nitrogens with zero attached hydrogens (tertiary/aromatic N) is 1. The van der Waals surface area contributed by atoms with E-state index in [2.05, 4.69) is 5.32 Å². The molecular weight excluding hydrogens is 368 g/mol. The van der Waals surface area contributed by atoms with Crippen LogP contribution in [0.2, 0.25) is 0 Å². The van der Waals surface area contributed by atoms with Gasteiger partial charge in [-0.1, -0.05) is 54.6 Å². The molecule has 0 aromatic heterocycles. The first-order valence-electron chi connectivity index (χ1n) is 9.26. The van der Waals surface area contributed by atoms with Crippen molar-refractivity contribution in [2.24, 2.45) is 0 Å². The minimum Gasteiger partial charge on any atom is -0.348 e. The fourth-order valence-electron chi connectivity index (χ4n) is 3.69. The van der Waals surface area contributed by atoms with Crippen LogP contribution in [0.3, 0.4) is 0 Å². The number of nitro benzene ring substituents is 1. The van der Waals surface area contributed by atoms with Crippen LogP contribution in [0.5, 0.6) is 0 Å². The van der Waals surface area contributed by atoms with Crippen molar-refractivity contribution in [2.45, 2.75) is 19.4 Å². The van der Waals surface area contributed by atoms with Crippen LogP contribution in [0.15, 0.2) is 66.7 Å². The average molecular weight is 386 g/mol. The number of benzene rings is 3. The fraction of sp³-hybridized carbons (Fsp3) is 0.130. The molecule has 0 saturated carbocycles. The summed E-state index contributed by atoms with van der Waals surface area (Å²) in [5, 5.41) is 13.6. The molecule has 6 nitrogen and oxygen atoms in total. The van der Waals surface area contributed by atoms with Gasteiger partial charge in [-0.2, -0.15) is 0 Å². The van der Waals surface area contributed by atoms with E-state index in [1.807, 2.05) is 42.5 Å². The summed E-state index contributed by atoms with van der Waals surface area (Å²) in [5.74, 6) is -0.205. The molecule has 1 aliphatic rings. The van der Waals surface area contributed by atoms with E-state index in [0.717, 1.165) is 16.7 Å². The van der Waals surface area contributed by atoms with Gasteiger partial charge >= 0.3 is 0 Å². The topological polar surface area (TPSA) is 89.3 Å². The van der Waals surface area contributed by atoms with Crippen LogP contribution in [-0.4, -0.2) is 16.6 Å². The molecule has 1 heterocycles. The van der Waals surface area contributed by atoms with E-state index in [1.54, 1.807) is 12.1 Å². The zero-order valence-electron chi connectivity index (χ0n) is 15.6. The van der Waals surface area contributed by atoms with Crippen LogP contribution in [0, 0.1) is 10.1 Å². The molecule has 6 heteroatoms. The number of nitrogens with one attached hydrogen (secondary N) is 1. The third-order valence-corrected chi connectivity index (χ3v) is 5.07. The molecule has 0 aliphatic carbocycles. The van der Waals surface area contributed by atoms with Crippen LogP contribution < -0.4 is 5.32 Å². The molecule has 3 aromatic carbocycles. The summed E-state index contributed by atoms with van der Waals surface area (Å²) in [6, 6.07) is 19.6.